The van der Waals surface area contributed by atoms with Crippen LogP contribution in [0.5, 0.6) is 11.5 Å². The van der Waals surface area contributed by atoms with Crippen LogP contribution in [0.3, 0.4) is 0 Å². The quantitative estimate of drug-likeness (QED) is 0.516. The van der Waals surface area contributed by atoms with Gasteiger partial charge in [-0.05, 0) is 59.0 Å². The van der Waals surface area contributed by atoms with Crippen molar-refractivity contribution in [1.82, 2.24) is 0 Å². The lowest BCUT2D eigenvalue weighted by Crippen LogP contribution is -2.10. The molecule has 21 heavy (non-hydrogen) atoms. The first-order valence-electron chi connectivity index (χ1n) is 6.10. The number of aromatic carboxylic acids is 1. The molecule has 4 nitrogen and oxygen atoms in total. The predicted octanol–water partition coefficient (Wildman–Crippen LogP) is 4.21. The molecule has 0 aliphatic rings. The molecule has 6 heteroatoms. The van der Waals surface area contributed by atoms with Crippen LogP contribution in [0.4, 0.5) is 0 Å². The summed E-state index contributed by atoms with van der Waals surface area (Å²) in [6, 6.07) is 12.3. The summed E-state index contributed by atoms with van der Waals surface area (Å²) < 4.78 is 12.9. The van der Waals surface area contributed by atoms with Crippen molar-refractivity contribution < 1.29 is 19.4 Å². The molecule has 0 atom stereocenters. The van der Waals surface area contributed by atoms with Crippen molar-refractivity contribution in [2.24, 2.45) is 0 Å². The Labute approximate surface area is 144 Å². The van der Waals surface area contributed by atoms with Crippen molar-refractivity contribution in [3.8, 4) is 11.5 Å². The third kappa shape index (κ3) is 4.89. The highest BCUT2D eigenvalue weighted by molar-refractivity contribution is 14.1. The van der Waals surface area contributed by atoms with E-state index in [2.05, 4.69) is 38.5 Å². The minimum Gasteiger partial charge on any atom is -0.490 e. The summed E-state index contributed by atoms with van der Waals surface area (Å²) in [4.78, 5) is 10.9. The summed E-state index contributed by atoms with van der Waals surface area (Å²) in [5.74, 6) is 0.330. The summed E-state index contributed by atoms with van der Waals surface area (Å²) in [7, 11) is 0. The summed E-state index contributed by atoms with van der Waals surface area (Å²) in [5, 5.41) is 8.96. The Morgan fingerprint density at radius 1 is 1.14 bits per heavy atom. The molecule has 1 N–H and O–H groups in total. The molecule has 0 aliphatic heterocycles. The molecule has 0 radical (unpaired) electrons. The van der Waals surface area contributed by atoms with Gasteiger partial charge < -0.3 is 14.6 Å². The molecule has 2 aromatic carbocycles. The monoisotopic (exact) mass is 462 g/mol. The second kappa shape index (κ2) is 7.65. The maximum absolute atomic E-state index is 10.9. The van der Waals surface area contributed by atoms with Gasteiger partial charge in [-0.3, -0.25) is 0 Å². The van der Waals surface area contributed by atoms with E-state index in [1.165, 1.54) is 6.07 Å². The molecular weight excluding hydrogens is 451 g/mol. The van der Waals surface area contributed by atoms with Crippen LogP contribution in [-0.2, 0) is 0 Å². The molecule has 0 unspecified atom stereocenters. The van der Waals surface area contributed by atoms with Crippen molar-refractivity contribution >= 4 is 44.5 Å². The number of benzene rings is 2. The minimum absolute atomic E-state index is 0.207. The molecule has 0 heterocycles. The summed E-state index contributed by atoms with van der Waals surface area (Å²) in [6.07, 6.45) is 0. The smallest absolute Gasteiger partial charge is 0.335 e. The van der Waals surface area contributed by atoms with E-state index in [1.54, 1.807) is 12.1 Å². The Kier molecular flexibility index (Phi) is 5.86. The van der Waals surface area contributed by atoms with Crippen LogP contribution < -0.4 is 9.47 Å². The van der Waals surface area contributed by atoms with Crippen molar-refractivity contribution in [2.45, 2.75) is 0 Å². The van der Waals surface area contributed by atoms with Crippen LogP contribution in [-0.4, -0.2) is 24.3 Å². The summed E-state index contributed by atoms with van der Waals surface area (Å²) in [6.45, 7) is 0.718. The van der Waals surface area contributed by atoms with E-state index in [9.17, 15) is 4.79 Å². The van der Waals surface area contributed by atoms with E-state index in [-0.39, 0.29) is 5.56 Å². The number of rotatable bonds is 6. The van der Waals surface area contributed by atoms with Crippen LogP contribution in [0.25, 0.3) is 0 Å². The standard InChI is InChI=1S/C15H12BrIO4/c16-11-2-1-3-12(9-11)20-6-7-21-14-8-10(15(18)19)4-5-13(14)17/h1-5,8-9H,6-7H2,(H,18,19). The molecule has 0 fully saturated rings. The van der Waals surface area contributed by atoms with Gasteiger partial charge in [0.15, 0.2) is 0 Å². The van der Waals surface area contributed by atoms with Gasteiger partial charge in [-0.15, -0.1) is 0 Å². The topological polar surface area (TPSA) is 55.8 Å². The predicted molar refractivity (Wildman–Crippen MR) is 91.3 cm³/mol. The molecule has 0 saturated heterocycles. The van der Waals surface area contributed by atoms with Crippen molar-refractivity contribution in [3.63, 3.8) is 0 Å². The maximum Gasteiger partial charge on any atom is 0.335 e. The average molecular weight is 463 g/mol. The number of halogens is 2. The SMILES string of the molecule is O=C(O)c1ccc(I)c(OCCOc2cccc(Br)c2)c1. The average Bonchev–Trinajstić information content (AvgIpc) is 2.45. The van der Waals surface area contributed by atoms with E-state index < -0.39 is 5.97 Å². The zero-order valence-corrected chi connectivity index (χ0v) is 14.6. The van der Waals surface area contributed by atoms with Crippen LogP contribution >= 0.6 is 38.5 Å². The number of hydrogen-bond acceptors (Lipinski definition) is 3. The lowest BCUT2D eigenvalue weighted by molar-refractivity contribution is 0.0696. The molecule has 110 valence electrons. The maximum atomic E-state index is 10.9. The highest BCUT2D eigenvalue weighted by atomic mass is 127. The molecule has 0 aromatic heterocycles. The van der Waals surface area contributed by atoms with Crippen LogP contribution in [0.1, 0.15) is 10.4 Å². The largest absolute Gasteiger partial charge is 0.490 e. The van der Waals surface area contributed by atoms with E-state index in [0.717, 1.165) is 13.8 Å². The lowest BCUT2D eigenvalue weighted by Gasteiger charge is -2.10. The van der Waals surface area contributed by atoms with Crippen LogP contribution in [0.2, 0.25) is 0 Å². The molecule has 0 spiro atoms. The zero-order valence-electron chi connectivity index (χ0n) is 10.9. The Bertz CT molecular complexity index is 645. The van der Waals surface area contributed by atoms with Gasteiger partial charge in [-0.2, -0.15) is 0 Å². The van der Waals surface area contributed by atoms with Gasteiger partial charge in [0, 0.05) is 4.47 Å². The third-order valence-electron chi connectivity index (χ3n) is 2.58. The van der Waals surface area contributed by atoms with Gasteiger partial charge in [0.1, 0.15) is 24.7 Å². The molecular formula is C15H12BrIO4. The lowest BCUT2D eigenvalue weighted by atomic mass is 10.2. The number of carboxylic acids is 1. The van der Waals surface area contributed by atoms with Gasteiger partial charge in [0.25, 0.3) is 0 Å². The fourth-order valence-electron chi connectivity index (χ4n) is 1.61. The first-order valence-corrected chi connectivity index (χ1v) is 7.97. The molecule has 0 aliphatic carbocycles. The van der Waals surface area contributed by atoms with Gasteiger partial charge in [-0.25, -0.2) is 4.79 Å². The normalized spacial score (nSPS) is 10.2. The molecule has 0 amide bonds. The van der Waals surface area contributed by atoms with Gasteiger partial charge in [-0.1, -0.05) is 22.0 Å². The van der Waals surface area contributed by atoms with Crippen LogP contribution in [0.15, 0.2) is 46.9 Å². The van der Waals surface area contributed by atoms with E-state index in [1.807, 2.05) is 24.3 Å². The van der Waals surface area contributed by atoms with Crippen molar-refractivity contribution in [3.05, 3.63) is 56.1 Å². The number of carboxylic acid groups (broad SMARTS) is 1. The summed E-state index contributed by atoms with van der Waals surface area (Å²) >= 11 is 5.47. The highest BCUT2D eigenvalue weighted by Crippen LogP contribution is 2.22. The van der Waals surface area contributed by atoms with E-state index in [0.29, 0.717) is 19.0 Å². The first-order chi connectivity index (χ1) is 10.1. The van der Waals surface area contributed by atoms with E-state index >= 15 is 0 Å². The van der Waals surface area contributed by atoms with Gasteiger partial charge in [0.05, 0.1) is 9.13 Å². The third-order valence-corrected chi connectivity index (χ3v) is 3.97. The minimum atomic E-state index is -0.971. The Morgan fingerprint density at radius 2 is 1.90 bits per heavy atom. The van der Waals surface area contributed by atoms with Gasteiger partial charge in [0.2, 0.25) is 0 Å². The fraction of sp³-hybridized carbons (Fsp3) is 0.133. The number of ether oxygens (including phenoxy) is 2. The second-order valence-corrected chi connectivity index (χ2v) is 6.18. The molecule has 0 bridgehead atoms. The Balaban J connectivity index is 1.88. The van der Waals surface area contributed by atoms with E-state index in [4.69, 9.17) is 14.6 Å². The summed E-state index contributed by atoms with van der Waals surface area (Å²) in [5.41, 5.74) is 0.207. The van der Waals surface area contributed by atoms with Crippen molar-refractivity contribution in [1.29, 1.82) is 0 Å². The molecule has 0 saturated carbocycles. The number of hydrogen-bond donors (Lipinski definition) is 1. The van der Waals surface area contributed by atoms with Crippen LogP contribution in [0, 0.1) is 3.57 Å². The first kappa shape index (κ1) is 16.1. The molecule has 2 rings (SSSR count). The highest BCUT2D eigenvalue weighted by Gasteiger charge is 2.08. The van der Waals surface area contributed by atoms with Crippen molar-refractivity contribution in [2.75, 3.05) is 13.2 Å². The number of carbonyl (C=O) groups is 1. The zero-order chi connectivity index (χ0) is 15.2. The Hall–Kier alpha value is -1.28. The Morgan fingerprint density at radius 3 is 2.62 bits per heavy atom. The van der Waals surface area contributed by atoms with Gasteiger partial charge >= 0.3 is 5.97 Å². The second-order valence-electron chi connectivity index (χ2n) is 4.10. The fourth-order valence-corrected chi connectivity index (χ4v) is 2.48. The molecule has 2 aromatic rings.